The Kier molecular flexibility index (Phi) is 9.35. The molecule has 9 heteroatoms. The van der Waals surface area contributed by atoms with Gasteiger partial charge in [-0.15, -0.1) is 0 Å². The van der Waals surface area contributed by atoms with Gasteiger partial charge in [0.1, 0.15) is 17.9 Å². The van der Waals surface area contributed by atoms with Crippen molar-refractivity contribution in [3.63, 3.8) is 0 Å². The molecule has 0 saturated carbocycles. The van der Waals surface area contributed by atoms with Crippen LogP contribution in [0.3, 0.4) is 0 Å². The van der Waals surface area contributed by atoms with E-state index in [1.54, 1.807) is 34.6 Å². The van der Waals surface area contributed by atoms with E-state index < -0.39 is 52.5 Å². The molecule has 8 nitrogen and oxygen atoms in total. The largest absolute Gasteiger partial charge is 0.469 e. The molecule has 1 aromatic rings. The highest BCUT2D eigenvalue weighted by molar-refractivity contribution is 5.94. The molecule has 0 heterocycles. The normalized spacial score (nSPS) is 13.5. The molecule has 1 rings (SSSR count). The second-order valence-electron chi connectivity index (χ2n) is 9.10. The minimum atomic E-state index is -1.08. The number of hydrogen-bond acceptors (Lipinski definition) is 6. The van der Waals surface area contributed by atoms with Crippen molar-refractivity contribution in [3.05, 3.63) is 35.6 Å². The zero-order valence-electron chi connectivity index (χ0n) is 19.7. The van der Waals surface area contributed by atoms with E-state index in [2.05, 4.69) is 15.4 Å². The van der Waals surface area contributed by atoms with E-state index in [4.69, 9.17) is 4.74 Å². The molecule has 1 aromatic carbocycles. The first-order valence-corrected chi connectivity index (χ1v) is 10.3. The van der Waals surface area contributed by atoms with Crippen LogP contribution in [0.1, 0.15) is 53.0 Å². The Balaban J connectivity index is 3.06. The predicted octanol–water partition coefficient (Wildman–Crippen LogP) is 2.25. The van der Waals surface area contributed by atoms with E-state index in [9.17, 15) is 23.6 Å². The number of carbonyl (C=O) groups is 4. The van der Waals surface area contributed by atoms with Gasteiger partial charge in [-0.05, 0) is 43.4 Å². The topological polar surface area (TPSA) is 111 Å². The Morgan fingerprint density at radius 1 is 0.938 bits per heavy atom. The number of amides is 2. The molecule has 0 spiro atoms. The van der Waals surface area contributed by atoms with Crippen molar-refractivity contribution >= 4 is 23.8 Å². The van der Waals surface area contributed by atoms with E-state index in [-0.39, 0.29) is 12.8 Å². The Hall–Kier alpha value is -2.97. The molecule has 32 heavy (non-hydrogen) atoms. The molecule has 0 saturated heterocycles. The quantitative estimate of drug-likeness (QED) is 0.556. The number of esters is 2. The number of benzene rings is 1. The molecule has 0 aliphatic carbocycles. The summed E-state index contributed by atoms with van der Waals surface area (Å²) < 4.78 is 22.6. The minimum absolute atomic E-state index is 0.0169. The number of hydrogen-bond donors (Lipinski definition) is 2. The Bertz CT molecular complexity index is 830. The van der Waals surface area contributed by atoms with Crippen LogP contribution in [0.5, 0.6) is 0 Å². The first-order chi connectivity index (χ1) is 14.7. The molecular weight excluding hydrogens is 419 g/mol. The van der Waals surface area contributed by atoms with Crippen molar-refractivity contribution in [2.45, 2.75) is 65.0 Å². The third kappa shape index (κ3) is 7.32. The lowest BCUT2D eigenvalue weighted by atomic mass is 9.81. The molecule has 178 valence electrons. The van der Waals surface area contributed by atoms with Crippen LogP contribution in [-0.2, 0) is 34.1 Å². The van der Waals surface area contributed by atoms with Gasteiger partial charge >= 0.3 is 11.9 Å². The third-order valence-corrected chi connectivity index (χ3v) is 5.20. The van der Waals surface area contributed by atoms with Crippen LogP contribution in [0.25, 0.3) is 0 Å². The fourth-order valence-corrected chi connectivity index (χ4v) is 3.00. The first-order valence-electron chi connectivity index (χ1n) is 10.3. The minimum Gasteiger partial charge on any atom is -0.469 e. The fraction of sp³-hybridized carbons (Fsp3) is 0.565. The molecule has 2 amide bonds. The van der Waals surface area contributed by atoms with Crippen LogP contribution in [-0.4, -0.2) is 50.1 Å². The lowest BCUT2D eigenvalue weighted by molar-refractivity contribution is -0.147. The van der Waals surface area contributed by atoms with Gasteiger partial charge in [0.2, 0.25) is 11.8 Å². The SMILES string of the molecule is COC(=O)CC[C@@H](NC(=O)[C@@H](NC(=O)C(C)(C)c1ccc(F)cc1)C(C)(C)C)C(=O)OC. The second kappa shape index (κ2) is 11.1. The van der Waals surface area contributed by atoms with Crippen LogP contribution in [0, 0.1) is 11.2 Å². The molecule has 0 unspecified atom stereocenters. The van der Waals surface area contributed by atoms with Crippen molar-refractivity contribution in [1.29, 1.82) is 0 Å². The maximum absolute atomic E-state index is 13.3. The van der Waals surface area contributed by atoms with Crippen molar-refractivity contribution in [1.82, 2.24) is 10.6 Å². The maximum Gasteiger partial charge on any atom is 0.328 e. The van der Waals surface area contributed by atoms with Crippen molar-refractivity contribution < 1.29 is 33.0 Å². The van der Waals surface area contributed by atoms with Gasteiger partial charge in [0.15, 0.2) is 0 Å². The molecule has 0 aromatic heterocycles. The number of carbonyl (C=O) groups excluding carboxylic acids is 4. The Morgan fingerprint density at radius 3 is 1.97 bits per heavy atom. The van der Waals surface area contributed by atoms with Gasteiger partial charge in [0, 0.05) is 6.42 Å². The summed E-state index contributed by atoms with van der Waals surface area (Å²) >= 11 is 0. The van der Waals surface area contributed by atoms with Gasteiger partial charge in [-0.1, -0.05) is 32.9 Å². The van der Waals surface area contributed by atoms with Crippen LogP contribution in [0.4, 0.5) is 4.39 Å². The van der Waals surface area contributed by atoms with E-state index in [0.717, 1.165) is 0 Å². The molecule has 2 atom stereocenters. The molecular formula is C23H33FN2O6. The Labute approximate surface area is 188 Å². The summed E-state index contributed by atoms with van der Waals surface area (Å²) in [5, 5.41) is 5.33. The number of methoxy groups -OCH3 is 2. The number of ether oxygens (including phenoxy) is 2. The molecule has 0 aliphatic heterocycles. The lowest BCUT2D eigenvalue weighted by Crippen LogP contribution is -2.59. The number of halogens is 1. The summed E-state index contributed by atoms with van der Waals surface area (Å²) in [4.78, 5) is 49.7. The molecule has 0 radical (unpaired) electrons. The monoisotopic (exact) mass is 452 g/mol. The highest BCUT2D eigenvalue weighted by Gasteiger charge is 2.39. The van der Waals surface area contributed by atoms with Crippen molar-refractivity contribution in [2.75, 3.05) is 14.2 Å². The van der Waals surface area contributed by atoms with E-state index in [1.807, 2.05) is 0 Å². The summed E-state index contributed by atoms with van der Waals surface area (Å²) in [5.74, 6) is -2.70. The van der Waals surface area contributed by atoms with Crippen molar-refractivity contribution in [3.8, 4) is 0 Å². The van der Waals surface area contributed by atoms with Crippen LogP contribution in [0.2, 0.25) is 0 Å². The van der Waals surface area contributed by atoms with Gasteiger partial charge in [-0.25, -0.2) is 9.18 Å². The first kappa shape index (κ1) is 27.1. The highest BCUT2D eigenvalue weighted by Crippen LogP contribution is 2.26. The van der Waals surface area contributed by atoms with E-state index in [0.29, 0.717) is 5.56 Å². The van der Waals surface area contributed by atoms with E-state index in [1.165, 1.54) is 38.5 Å². The summed E-state index contributed by atoms with van der Waals surface area (Å²) in [6.45, 7) is 8.64. The number of nitrogens with one attached hydrogen (secondary N) is 2. The fourth-order valence-electron chi connectivity index (χ4n) is 3.00. The summed E-state index contributed by atoms with van der Waals surface area (Å²) in [5.41, 5.74) is -1.18. The van der Waals surface area contributed by atoms with Gasteiger partial charge in [0.05, 0.1) is 19.6 Å². The van der Waals surface area contributed by atoms with Gasteiger partial charge < -0.3 is 20.1 Å². The van der Waals surface area contributed by atoms with Gasteiger partial charge in [0.25, 0.3) is 0 Å². The summed E-state index contributed by atoms with van der Waals surface area (Å²) in [6, 6.07) is 3.47. The standard InChI is InChI=1S/C23H33FN2O6/c1-22(2,3)18(19(28)25-16(20(29)32-7)12-13-17(27)31-6)26-21(30)23(4,5)14-8-10-15(24)11-9-14/h8-11,16,18H,12-13H2,1-7H3,(H,25,28)(H,26,30)/t16-,18-/m1/s1. The van der Waals surface area contributed by atoms with Crippen LogP contribution < -0.4 is 10.6 Å². The average molecular weight is 453 g/mol. The van der Waals surface area contributed by atoms with Crippen LogP contribution in [0.15, 0.2) is 24.3 Å². The van der Waals surface area contributed by atoms with Crippen LogP contribution >= 0.6 is 0 Å². The average Bonchev–Trinajstić information content (AvgIpc) is 2.72. The number of rotatable bonds is 9. The predicted molar refractivity (Wildman–Crippen MR) is 116 cm³/mol. The molecule has 0 fully saturated rings. The summed E-state index contributed by atoms with van der Waals surface area (Å²) in [7, 11) is 2.40. The highest BCUT2D eigenvalue weighted by atomic mass is 19.1. The second-order valence-corrected chi connectivity index (χ2v) is 9.10. The zero-order valence-corrected chi connectivity index (χ0v) is 19.7. The summed E-state index contributed by atoms with van der Waals surface area (Å²) in [6.07, 6.45) is -0.113. The van der Waals surface area contributed by atoms with Gasteiger partial charge in [-0.2, -0.15) is 0 Å². The smallest absolute Gasteiger partial charge is 0.328 e. The lowest BCUT2D eigenvalue weighted by Gasteiger charge is -2.34. The Morgan fingerprint density at radius 2 is 1.50 bits per heavy atom. The molecule has 0 aliphatic rings. The third-order valence-electron chi connectivity index (χ3n) is 5.20. The zero-order chi connectivity index (χ0) is 24.7. The molecule has 2 N–H and O–H groups in total. The van der Waals surface area contributed by atoms with Crippen molar-refractivity contribution in [2.24, 2.45) is 5.41 Å². The van der Waals surface area contributed by atoms with E-state index >= 15 is 0 Å². The molecule has 0 bridgehead atoms. The van der Waals surface area contributed by atoms with Gasteiger partial charge in [-0.3, -0.25) is 14.4 Å². The maximum atomic E-state index is 13.3.